The van der Waals surface area contributed by atoms with Crippen LogP contribution in [0.25, 0.3) is 10.9 Å². The lowest BCUT2D eigenvalue weighted by atomic mass is 10.2. The molecule has 3 aromatic rings. The van der Waals surface area contributed by atoms with Gasteiger partial charge in [-0.3, -0.25) is 9.48 Å². The standard InChI is InChI=1S/C22H26N4O2/c1-17-6-5-7-18-16-23-26(22(17)18)11-10-21(27)25-14-12-24(13-15-25)19-8-3-4-9-20(19)28-2/h3-9,16H,10-15H2,1-2H3. The van der Waals surface area contributed by atoms with Gasteiger partial charge in [0.05, 0.1) is 31.1 Å². The average Bonchev–Trinajstić information content (AvgIpc) is 3.16. The maximum atomic E-state index is 12.7. The van der Waals surface area contributed by atoms with Crippen LogP contribution in [-0.4, -0.2) is 53.9 Å². The number of aryl methyl sites for hydroxylation is 2. The number of ether oxygens (including phenoxy) is 1. The molecular formula is C22H26N4O2. The van der Waals surface area contributed by atoms with Crippen LogP contribution in [0.5, 0.6) is 5.75 Å². The van der Waals surface area contributed by atoms with Crippen molar-refractivity contribution >= 4 is 22.5 Å². The van der Waals surface area contributed by atoms with Gasteiger partial charge in [-0.15, -0.1) is 0 Å². The maximum absolute atomic E-state index is 12.7. The lowest BCUT2D eigenvalue weighted by Crippen LogP contribution is -2.49. The van der Waals surface area contributed by atoms with Crippen LogP contribution in [0.15, 0.2) is 48.7 Å². The molecule has 4 rings (SSSR count). The third-order valence-electron chi connectivity index (χ3n) is 5.46. The van der Waals surface area contributed by atoms with Crippen molar-refractivity contribution in [2.75, 3.05) is 38.2 Å². The summed E-state index contributed by atoms with van der Waals surface area (Å²) in [7, 11) is 1.69. The Morgan fingerprint density at radius 2 is 1.86 bits per heavy atom. The summed E-state index contributed by atoms with van der Waals surface area (Å²) in [5.74, 6) is 1.07. The van der Waals surface area contributed by atoms with E-state index in [1.807, 2.05) is 40.0 Å². The summed E-state index contributed by atoms with van der Waals surface area (Å²) in [6, 6.07) is 14.2. The van der Waals surface area contributed by atoms with E-state index in [9.17, 15) is 4.79 Å². The molecule has 2 aromatic carbocycles. The molecule has 1 fully saturated rings. The Morgan fingerprint density at radius 1 is 1.07 bits per heavy atom. The molecule has 1 amide bonds. The Hall–Kier alpha value is -3.02. The van der Waals surface area contributed by atoms with E-state index in [4.69, 9.17) is 4.74 Å². The third kappa shape index (κ3) is 3.54. The molecule has 28 heavy (non-hydrogen) atoms. The molecule has 0 N–H and O–H groups in total. The Kier molecular flexibility index (Phi) is 5.19. The number of carbonyl (C=O) groups excluding carboxylic acids is 1. The van der Waals surface area contributed by atoms with Crippen molar-refractivity contribution in [2.24, 2.45) is 0 Å². The summed E-state index contributed by atoms with van der Waals surface area (Å²) in [6.45, 7) is 5.79. The van der Waals surface area contributed by atoms with Crippen LogP contribution in [0.4, 0.5) is 5.69 Å². The van der Waals surface area contributed by atoms with Gasteiger partial charge in [0.25, 0.3) is 0 Å². The molecule has 0 saturated carbocycles. The first-order valence-corrected chi connectivity index (χ1v) is 9.74. The monoisotopic (exact) mass is 378 g/mol. The number of aromatic nitrogens is 2. The van der Waals surface area contributed by atoms with Crippen molar-refractivity contribution in [1.82, 2.24) is 14.7 Å². The number of nitrogens with zero attached hydrogens (tertiary/aromatic N) is 4. The van der Waals surface area contributed by atoms with Crippen LogP contribution in [0, 0.1) is 6.92 Å². The highest BCUT2D eigenvalue weighted by atomic mass is 16.5. The smallest absolute Gasteiger partial charge is 0.224 e. The Balaban J connectivity index is 1.35. The molecule has 6 heteroatoms. The number of hydrogen-bond donors (Lipinski definition) is 0. The predicted octanol–water partition coefficient (Wildman–Crippen LogP) is 3.09. The van der Waals surface area contributed by atoms with Crippen molar-refractivity contribution in [3.05, 3.63) is 54.2 Å². The van der Waals surface area contributed by atoms with Gasteiger partial charge in [0.15, 0.2) is 0 Å². The van der Waals surface area contributed by atoms with E-state index in [0.29, 0.717) is 13.0 Å². The molecular weight excluding hydrogens is 352 g/mol. The Labute approximate surface area is 165 Å². The summed E-state index contributed by atoms with van der Waals surface area (Å²) in [5, 5.41) is 5.59. The minimum atomic E-state index is 0.192. The second-order valence-electron chi connectivity index (χ2n) is 7.17. The average molecular weight is 378 g/mol. The molecule has 0 bridgehead atoms. The second-order valence-corrected chi connectivity index (χ2v) is 7.17. The van der Waals surface area contributed by atoms with Gasteiger partial charge in [0, 0.05) is 38.0 Å². The zero-order valence-corrected chi connectivity index (χ0v) is 16.5. The molecule has 0 radical (unpaired) electrons. The molecule has 146 valence electrons. The van der Waals surface area contributed by atoms with E-state index in [2.05, 4.69) is 35.1 Å². The van der Waals surface area contributed by atoms with Crippen LogP contribution < -0.4 is 9.64 Å². The lowest BCUT2D eigenvalue weighted by Gasteiger charge is -2.36. The molecule has 0 atom stereocenters. The fourth-order valence-electron chi connectivity index (χ4n) is 3.95. The first kappa shape index (κ1) is 18.3. The number of piperazine rings is 1. The van der Waals surface area contributed by atoms with Crippen molar-refractivity contribution < 1.29 is 9.53 Å². The fraction of sp³-hybridized carbons (Fsp3) is 0.364. The van der Waals surface area contributed by atoms with Crippen LogP contribution >= 0.6 is 0 Å². The molecule has 1 aliphatic rings. The maximum Gasteiger partial charge on any atom is 0.224 e. The van der Waals surface area contributed by atoms with Gasteiger partial charge >= 0.3 is 0 Å². The van der Waals surface area contributed by atoms with Crippen molar-refractivity contribution in [1.29, 1.82) is 0 Å². The van der Waals surface area contributed by atoms with Crippen molar-refractivity contribution in [3.8, 4) is 5.75 Å². The zero-order chi connectivity index (χ0) is 19.5. The summed E-state index contributed by atoms with van der Waals surface area (Å²) >= 11 is 0. The minimum Gasteiger partial charge on any atom is -0.495 e. The number of carbonyl (C=O) groups is 1. The third-order valence-corrected chi connectivity index (χ3v) is 5.46. The van der Waals surface area contributed by atoms with Crippen LogP contribution in [-0.2, 0) is 11.3 Å². The number of benzene rings is 2. The molecule has 0 aliphatic carbocycles. The zero-order valence-electron chi connectivity index (χ0n) is 16.5. The van der Waals surface area contributed by atoms with Gasteiger partial charge in [-0.1, -0.05) is 30.3 Å². The molecule has 0 spiro atoms. The number of methoxy groups -OCH3 is 1. The molecule has 1 aliphatic heterocycles. The highest BCUT2D eigenvalue weighted by Gasteiger charge is 2.22. The van der Waals surface area contributed by atoms with Gasteiger partial charge in [0.2, 0.25) is 5.91 Å². The number of anilines is 1. The number of fused-ring (bicyclic) bond motifs is 1. The first-order valence-electron chi connectivity index (χ1n) is 9.74. The SMILES string of the molecule is COc1ccccc1N1CCN(C(=O)CCn2ncc3cccc(C)c32)CC1. The molecule has 1 saturated heterocycles. The van der Waals surface area contributed by atoms with Gasteiger partial charge in [-0.05, 0) is 24.6 Å². The Bertz CT molecular complexity index is 974. The molecule has 0 unspecified atom stereocenters. The van der Waals surface area contributed by atoms with Crippen molar-refractivity contribution in [2.45, 2.75) is 19.9 Å². The first-order chi connectivity index (χ1) is 13.7. The highest BCUT2D eigenvalue weighted by molar-refractivity contribution is 5.82. The lowest BCUT2D eigenvalue weighted by molar-refractivity contribution is -0.131. The molecule has 1 aromatic heterocycles. The summed E-state index contributed by atoms with van der Waals surface area (Å²) in [5.41, 5.74) is 3.40. The van der Waals surface area contributed by atoms with E-state index in [0.717, 1.165) is 48.5 Å². The van der Waals surface area contributed by atoms with Crippen LogP contribution in [0.1, 0.15) is 12.0 Å². The quantitative estimate of drug-likeness (QED) is 0.685. The summed E-state index contributed by atoms with van der Waals surface area (Å²) in [6.07, 6.45) is 2.35. The summed E-state index contributed by atoms with van der Waals surface area (Å²) < 4.78 is 7.42. The Morgan fingerprint density at radius 3 is 2.64 bits per heavy atom. The van der Waals surface area contributed by atoms with E-state index < -0.39 is 0 Å². The minimum absolute atomic E-state index is 0.192. The van der Waals surface area contributed by atoms with Gasteiger partial charge in [-0.2, -0.15) is 5.10 Å². The number of para-hydroxylation sites is 3. The predicted molar refractivity (Wildman–Crippen MR) is 111 cm³/mol. The largest absolute Gasteiger partial charge is 0.495 e. The highest BCUT2D eigenvalue weighted by Crippen LogP contribution is 2.28. The normalized spacial score (nSPS) is 14.5. The van der Waals surface area contributed by atoms with Gasteiger partial charge in [0.1, 0.15) is 5.75 Å². The number of hydrogen-bond acceptors (Lipinski definition) is 4. The second kappa shape index (κ2) is 7.92. The fourth-order valence-corrected chi connectivity index (χ4v) is 3.95. The topological polar surface area (TPSA) is 50.6 Å². The van der Waals surface area contributed by atoms with E-state index in [1.165, 1.54) is 5.56 Å². The van der Waals surface area contributed by atoms with Crippen molar-refractivity contribution in [3.63, 3.8) is 0 Å². The van der Waals surface area contributed by atoms with E-state index >= 15 is 0 Å². The van der Waals surface area contributed by atoms with Crippen LogP contribution in [0.3, 0.4) is 0 Å². The van der Waals surface area contributed by atoms with Crippen LogP contribution in [0.2, 0.25) is 0 Å². The molecule has 6 nitrogen and oxygen atoms in total. The van der Waals surface area contributed by atoms with E-state index in [-0.39, 0.29) is 5.91 Å². The molecule has 2 heterocycles. The number of rotatable bonds is 5. The van der Waals surface area contributed by atoms with Gasteiger partial charge in [-0.25, -0.2) is 0 Å². The number of amides is 1. The summed E-state index contributed by atoms with van der Waals surface area (Å²) in [4.78, 5) is 17.0. The van der Waals surface area contributed by atoms with E-state index in [1.54, 1.807) is 7.11 Å². The van der Waals surface area contributed by atoms with Gasteiger partial charge < -0.3 is 14.5 Å².